The van der Waals surface area contributed by atoms with Gasteiger partial charge in [0.15, 0.2) is 0 Å². The number of rotatable bonds is 2. The minimum atomic E-state index is -0.409. The molecule has 16 heavy (non-hydrogen) atoms. The van der Waals surface area contributed by atoms with Crippen molar-refractivity contribution in [2.45, 2.75) is 0 Å². The van der Waals surface area contributed by atoms with Gasteiger partial charge in [0.2, 0.25) is 5.88 Å². The van der Waals surface area contributed by atoms with Crippen LogP contribution < -0.4 is 10.5 Å². The highest BCUT2D eigenvalue weighted by Crippen LogP contribution is 2.28. The summed E-state index contributed by atoms with van der Waals surface area (Å²) in [6.45, 7) is 0. The number of nitrogens with zero attached hydrogens (tertiary/aromatic N) is 2. The molecule has 1 aromatic carbocycles. The van der Waals surface area contributed by atoms with Gasteiger partial charge in [-0.2, -0.15) is 0 Å². The quantitative estimate of drug-likeness (QED) is 0.783. The first-order valence-corrected chi connectivity index (χ1v) is 4.63. The summed E-state index contributed by atoms with van der Waals surface area (Å²) < 4.78 is 18.6. The molecule has 0 bridgehead atoms. The van der Waals surface area contributed by atoms with Crippen LogP contribution in [0.5, 0.6) is 5.88 Å². The minimum absolute atomic E-state index is 0.270. The van der Waals surface area contributed by atoms with E-state index >= 15 is 0 Å². The third-order valence-electron chi connectivity index (χ3n) is 2.10. The summed E-state index contributed by atoms with van der Waals surface area (Å²) in [4.78, 5) is 7.99. The third kappa shape index (κ3) is 1.79. The number of nitrogens with two attached hydrogens (primary N) is 1. The van der Waals surface area contributed by atoms with Crippen molar-refractivity contribution in [2.24, 2.45) is 0 Å². The molecular weight excluding hydrogens is 209 g/mol. The van der Waals surface area contributed by atoms with E-state index in [9.17, 15) is 4.39 Å². The Kier molecular flexibility index (Phi) is 2.68. The molecule has 2 rings (SSSR count). The van der Waals surface area contributed by atoms with Crippen molar-refractivity contribution in [1.82, 2.24) is 9.97 Å². The fourth-order valence-corrected chi connectivity index (χ4v) is 1.38. The number of hydrogen-bond acceptors (Lipinski definition) is 4. The van der Waals surface area contributed by atoms with Gasteiger partial charge in [0, 0.05) is 23.6 Å². The largest absolute Gasteiger partial charge is 0.479 e. The van der Waals surface area contributed by atoms with Crippen molar-refractivity contribution in [3.63, 3.8) is 0 Å². The molecule has 0 radical (unpaired) electrons. The van der Waals surface area contributed by atoms with Gasteiger partial charge in [0.1, 0.15) is 11.5 Å². The van der Waals surface area contributed by atoms with Crippen molar-refractivity contribution < 1.29 is 9.13 Å². The van der Waals surface area contributed by atoms with Gasteiger partial charge in [-0.15, -0.1) is 0 Å². The van der Waals surface area contributed by atoms with E-state index in [4.69, 9.17) is 10.5 Å². The van der Waals surface area contributed by atoms with E-state index in [2.05, 4.69) is 9.97 Å². The molecule has 1 heterocycles. The number of halogens is 1. The maximum absolute atomic E-state index is 13.6. The van der Waals surface area contributed by atoms with E-state index in [0.29, 0.717) is 11.4 Å². The topological polar surface area (TPSA) is 61.0 Å². The number of methoxy groups -OCH3 is 1. The second kappa shape index (κ2) is 4.14. The van der Waals surface area contributed by atoms with Gasteiger partial charge in [0.25, 0.3) is 0 Å². The van der Waals surface area contributed by atoms with Crippen LogP contribution in [-0.2, 0) is 0 Å². The van der Waals surface area contributed by atoms with Gasteiger partial charge in [-0.3, -0.25) is 0 Å². The molecule has 0 aliphatic heterocycles. The summed E-state index contributed by atoms with van der Waals surface area (Å²) in [5.41, 5.74) is 6.69. The van der Waals surface area contributed by atoms with Crippen molar-refractivity contribution >= 4 is 5.69 Å². The van der Waals surface area contributed by atoms with Crippen LogP contribution in [-0.4, -0.2) is 17.1 Å². The highest BCUT2D eigenvalue weighted by molar-refractivity contribution is 5.68. The van der Waals surface area contributed by atoms with Crippen LogP contribution in [0, 0.1) is 5.82 Å². The maximum atomic E-state index is 13.6. The molecule has 0 spiro atoms. The highest BCUT2D eigenvalue weighted by Gasteiger charge is 2.12. The van der Waals surface area contributed by atoms with Gasteiger partial charge in [-0.1, -0.05) is 0 Å². The molecule has 0 fully saturated rings. The highest BCUT2D eigenvalue weighted by atomic mass is 19.1. The Morgan fingerprint density at radius 1 is 1.25 bits per heavy atom. The molecule has 5 heteroatoms. The van der Waals surface area contributed by atoms with Gasteiger partial charge < -0.3 is 10.5 Å². The van der Waals surface area contributed by atoms with Crippen LogP contribution in [0.25, 0.3) is 11.3 Å². The zero-order valence-corrected chi connectivity index (χ0v) is 8.64. The predicted molar refractivity (Wildman–Crippen MR) is 58.4 cm³/mol. The van der Waals surface area contributed by atoms with E-state index in [1.54, 1.807) is 0 Å². The Balaban J connectivity index is 2.62. The van der Waals surface area contributed by atoms with Crippen LogP contribution in [0.1, 0.15) is 0 Å². The molecule has 0 unspecified atom stereocenters. The zero-order valence-electron chi connectivity index (χ0n) is 8.64. The van der Waals surface area contributed by atoms with E-state index in [1.165, 1.54) is 37.7 Å². The Labute approximate surface area is 91.9 Å². The number of hydrogen-bond donors (Lipinski definition) is 1. The van der Waals surface area contributed by atoms with Gasteiger partial charge >= 0.3 is 0 Å². The lowest BCUT2D eigenvalue weighted by molar-refractivity contribution is 0.397. The molecular formula is C11H10FN3O. The summed E-state index contributed by atoms with van der Waals surface area (Å²) in [5, 5.41) is 0. The number of aromatic nitrogens is 2. The fourth-order valence-electron chi connectivity index (χ4n) is 1.38. The SMILES string of the molecule is COc1nccnc1-c1cc(N)ccc1F. The van der Waals surface area contributed by atoms with Crippen molar-refractivity contribution in [3.05, 3.63) is 36.4 Å². The number of ether oxygens (including phenoxy) is 1. The number of benzene rings is 1. The van der Waals surface area contributed by atoms with Crippen molar-refractivity contribution in [1.29, 1.82) is 0 Å². The molecule has 2 aromatic rings. The first-order chi connectivity index (χ1) is 7.72. The molecule has 2 N–H and O–H groups in total. The fraction of sp³-hybridized carbons (Fsp3) is 0.0909. The van der Waals surface area contributed by atoms with Gasteiger partial charge in [-0.25, -0.2) is 14.4 Å². The Morgan fingerprint density at radius 3 is 2.75 bits per heavy atom. The van der Waals surface area contributed by atoms with Crippen LogP contribution in [0.3, 0.4) is 0 Å². The van der Waals surface area contributed by atoms with Crippen molar-refractivity contribution in [3.8, 4) is 17.1 Å². The molecule has 1 aromatic heterocycles. The monoisotopic (exact) mass is 219 g/mol. The molecule has 82 valence electrons. The number of anilines is 1. The maximum Gasteiger partial charge on any atom is 0.240 e. The van der Waals surface area contributed by atoms with E-state index in [1.807, 2.05) is 0 Å². The second-order valence-corrected chi connectivity index (χ2v) is 3.15. The number of nitrogen functional groups attached to an aromatic ring is 1. The summed E-state index contributed by atoms with van der Waals surface area (Å²) in [6.07, 6.45) is 2.95. The van der Waals surface area contributed by atoms with Crippen LogP contribution in [0.4, 0.5) is 10.1 Å². The first kappa shape index (κ1) is 10.4. The molecule has 0 aliphatic rings. The van der Waals surface area contributed by atoms with E-state index < -0.39 is 5.82 Å². The smallest absolute Gasteiger partial charge is 0.240 e. The summed E-state index contributed by atoms with van der Waals surface area (Å²) in [5.74, 6) is -0.139. The predicted octanol–water partition coefficient (Wildman–Crippen LogP) is 1.87. The molecule has 0 saturated carbocycles. The molecule has 0 aliphatic carbocycles. The Bertz CT molecular complexity index is 516. The Morgan fingerprint density at radius 2 is 2.00 bits per heavy atom. The lowest BCUT2D eigenvalue weighted by atomic mass is 10.1. The molecule has 0 atom stereocenters. The lowest BCUT2D eigenvalue weighted by Crippen LogP contribution is -1.96. The van der Waals surface area contributed by atoms with Crippen molar-refractivity contribution in [2.75, 3.05) is 12.8 Å². The van der Waals surface area contributed by atoms with Gasteiger partial charge in [-0.05, 0) is 18.2 Å². The van der Waals surface area contributed by atoms with E-state index in [0.717, 1.165) is 0 Å². The molecule has 4 nitrogen and oxygen atoms in total. The second-order valence-electron chi connectivity index (χ2n) is 3.15. The zero-order chi connectivity index (χ0) is 11.5. The van der Waals surface area contributed by atoms with Crippen LogP contribution in [0.15, 0.2) is 30.6 Å². The third-order valence-corrected chi connectivity index (χ3v) is 2.10. The minimum Gasteiger partial charge on any atom is -0.479 e. The lowest BCUT2D eigenvalue weighted by Gasteiger charge is -2.07. The normalized spacial score (nSPS) is 10.1. The summed E-state index contributed by atoms with van der Waals surface area (Å²) in [7, 11) is 1.46. The van der Waals surface area contributed by atoms with Crippen LogP contribution in [0.2, 0.25) is 0 Å². The van der Waals surface area contributed by atoms with Gasteiger partial charge in [0.05, 0.1) is 7.11 Å². The standard InChI is InChI=1S/C11H10FN3O/c1-16-11-10(14-4-5-15-11)8-6-7(13)2-3-9(8)12/h2-6H,13H2,1H3. The first-order valence-electron chi connectivity index (χ1n) is 4.63. The van der Waals surface area contributed by atoms with E-state index in [-0.39, 0.29) is 11.4 Å². The summed E-state index contributed by atoms with van der Waals surface area (Å²) in [6, 6.07) is 4.28. The average molecular weight is 219 g/mol. The van der Waals surface area contributed by atoms with Crippen LogP contribution >= 0.6 is 0 Å². The average Bonchev–Trinajstić information content (AvgIpc) is 2.32. The molecule has 0 saturated heterocycles. The molecule has 0 amide bonds. The summed E-state index contributed by atoms with van der Waals surface area (Å²) >= 11 is 0. The Hall–Kier alpha value is -2.17.